The minimum atomic E-state index is -0.498. The second kappa shape index (κ2) is 9.21. The highest BCUT2D eigenvalue weighted by Gasteiger charge is 2.15. The van der Waals surface area contributed by atoms with Crippen LogP contribution in [0.3, 0.4) is 0 Å². The third-order valence-corrected chi connectivity index (χ3v) is 4.26. The average Bonchev–Trinajstić information content (AvgIpc) is 2.78. The molecule has 0 bridgehead atoms. The molecule has 1 N–H and O–H groups in total. The van der Waals surface area contributed by atoms with Crippen molar-refractivity contribution >= 4 is 17.3 Å². The van der Waals surface area contributed by atoms with Crippen molar-refractivity contribution in [3.05, 3.63) is 82.4 Å². The highest BCUT2D eigenvalue weighted by Crippen LogP contribution is 2.34. The molecular weight excluding hydrogens is 386 g/mol. The number of nitriles is 1. The maximum absolute atomic E-state index is 12.3. The highest BCUT2D eigenvalue weighted by molar-refractivity contribution is 5.93. The number of nitro benzene ring substituents is 1. The number of non-ortho nitro benzene ring substituents is 1. The molecule has 30 heavy (non-hydrogen) atoms. The van der Waals surface area contributed by atoms with Gasteiger partial charge < -0.3 is 14.8 Å². The molecule has 0 fully saturated rings. The maximum atomic E-state index is 12.3. The van der Waals surface area contributed by atoms with Crippen molar-refractivity contribution in [1.82, 2.24) is 0 Å². The fourth-order valence-electron chi connectivity index (χ4n) is 2.77. The summed E-state index contributed by atoms with van der Waals surface area (Å²) in [6.07, 6.45) is 0. The zero-order chi connectivity index (χ0) is 21.5. The number of hydrogen-bond donors (Lipinski definition) is 1. The number of carbonyl (C=O) groups excluding carboxylic acids is 1. The fourth-order valence-corrected chi connectivity index (χ4v) is 2.77. The number of nitrogens with one attached hydrogen (secondary N) is 1. The van der Waals surface area contributed by atoms with E-state index in [4.69, 9.17) is 14.7 Å². The molecule has 0 radical (unpaired) electrons. The Hall–Kier alpha value is -4.38. The first kappa shape index (κ1) is 20.4. The largest absolute Gasteiger partial charge is 0.497 e. The quantitative estimate of drug-likeness (QED) is 0.468. The molecule has 0 aromatic heterocycles. The van der Waals surface area contributed by atoms with Crippen LogP contribution >= 0.6 is 0 Å². The van der Waals surface area contributed by atoms with Gasteiger partial charge in [0.15, 0.2) is 6.61 Å². The Morgan fingerprint density at radius 2 is 1.87 bits per heavy atom. The molecule has 3 rings (SSSR count). The summed E-state index contributed by atoms with van der Waals surface area (Å²) >= 11 is 0. The molecule has 8 heteroatoms. The Morgan fingerprint density at radius 1 is 1.13 bits per heavy atom. The molecule has 0 unspecified atom stereocenters. The van der Waals surface area contributed by atoms with E-state index in [0.717, 1.165) is 0 Å². The summed E-state index contributed by atoms with van der Waals surface area (Å²) in [5.74, 6) is 0.494. The van der Waals surface area contributed by atoms with Crippen LogP contribution < -0.4 is 14.8 Å². The van der Waals surface area contributed by atoms with E-state index in [2.05, 4.69) is 5.32 Å². The van der Waals surface area contributed by atoms with Crippen molar-refractivity contribution in [2.24, 2.45) is 0 Å². The highest BCUT2D eigenvalue weighted by atomic mass is 16.6. The van der Waals surface area contributed by atoms with Gasteiger partial charge in [-0.25, -0.2) is 0 Å². The number of anilines is 1. The van der Waals surface area contributed by atoms with Crippen LogP contribution in [-0.4, -0.2) is 24.5 Å². The zero-order valence-electron chi connectivity index (χ0n) is 16.0. The molecule has 8 nitrogen and oxygen atoms in total. The van der Waals surface area contributed by atoms with Crippen molar-refractivity contribution in [2.45, 2.75) is 0 Å². The Kier molecular flexibility index (Phi) is 6.25. The zero-order valence-corrected chi connectivity index (χ0v) is 16.0. The molecule has 0 aliphatic heterocycles. The topological polar surface area (TPSA) is 114 Å². The molecule has 1 amide bonds. The standard InChI is InChI=1S/C22H17N3O5/c1-29-18-9-6-15(7-10-18)19-12-17(25(27)28)8-11-21(19)30-14-22(26)24-20-5-3-2-4-16(20)13-23/h2-12H,14H2,1H3,(H,24,26). The van der Waals surface area contributed by atoms with E-state index < -0.39 is 10.8 Å². The third-order valence-electron chi connectivity index (χ3n) is 4.26. The molecule has 0 saturated heterocycles. The summed E-state index contributed by atoms with van der Waals surface area (Å²) in [6.45, 7) is -0.333. The first-order valence-electron chi connectivity index (χ1n) is 8.86. The average molecular weight is 403 g/mol. The van der Waals surface area contributed by atoms with Gasteiger partial charge >= 0.3 is 0 Å². The Balaban J connectivity index is 1.81. The molecule has 0 saturated carbocycles. The smallest absolute Gasteiger partial charge is 0.270 e. The molecule has 0 spiro atoms. The summed E-state index contributed by atoms with van der Waals surface area (Å²) in [4.78, 5) is 23.0. The number of nitro groups is 1. The van der Waals surface area contributed by atoms with E-state index in [1.807, 2.05) is 6.07 Å². The second-order valence-corrected chi connectivity index (χ2v) is 6.16. The Bertz CT molecular complexity index is 1120. The van der Waals surface area contributed by atoms with Crippen LogP contribution in [0.4, 0.5) is 11.4 Å². The van der Waals surface area contributed by atoms with Gasteiger partial charge in [0.25, 0.3) is 11.6 Å². The van der Waals surface area contributed by atoms with Gasteiger partial charge in [-0.05, 0) is 35.9 Å². The molecule has 0 atom stereocenters. The van der Waals surface area contributed by atoms with Gasteiger partial charge in [0.05, 0.1) is 23.3 Å². The van der Waals surface area contributed by atoms with Gasteiger partial charge in [-0.3, -0.25) is 14.9 Å². The number of benzene rings is 3. The summed E-state index contributed by atoms with van der Waals surface area (Å²) in [5.41, 5.74) is 1.76. The SMILES string of the molecule is COc1ccc(-c2cc([N+](=O)[O-])ccc2OCC(=O)Nc2ccccc2C#N)cc1. The first-order chi connectivity index (χ1) is 14.5. The number of carbonyl (C=O) groups is 1. The maximum Gasteiger partial charge on any atom is 0.270 e. The summed E-state index contributed by atoms with van der Waals surface area (Å²) in [6, 6.07) is 19.7. The minimum Gasteiger partial charge on any atom is -0.497 e. The number of rotatable bonds is 7. The second-order valence-electron chi connectivity index (χ2n) is 6.16. The van der Waals surface area contributed by atoms with Crippen LogP contribution in [0.5, 0.6) is 11.5 Å². The van der Waals surface area contributed by atoms with Crippen molar-refractivity contribution in [3.63, 3.8) is 0 Å². The van der Waals surface area contributed by atoms with E-state index in [9.17, 15) is 14.9 Å². The summed E-state index contributed by atoms with van der Waals surface area (Å²) in [7, 11) is 1.54. The lowest BCUT2D eigenvalue weighted by Crippen LogP contribution is -2.20. The number of methoxy groups -OCH3 is 1. The van der Waals surface area contributed by atoms with Crippen molar-refractivity contribution in [3.8, 4) is 28.7 Å². The van der Waals surface area contributed by atoms with E-state index in [-0.39, 0.29) is 12.3 Å². The summed E-state index contributed by atoms with van der Waals surface area (Å²) in [5, 5.41) is 22.9. The number of amides is 1. The van der Waals surface area contributed by atoms with Crippen LogP contribution in [0.15, 0.2) is 66.7 Å². The summed E-state index contributed by atoms with van der Waals surface area (Å²) < 4.78 is 10.8. The molecule has 0 aliphatic rings. The lowest BCUT2D eigenvalue weighted by Gasteiger charge is -2.13. The van der Waals surface area contributed by atoms with Gasteiger partial charge in [-0.2, -0.15) is 5.26 Å². The van der Waals surface area contributed by atoms with Crippen LogP contribution in [0, 0.1) is 21.4 Å². The molecular formula is C22H17N3O5. The number of nitrogens with zero attached hydrogens (tertiary/aromatic N) is 2. The first-order valence-corrected chi connectivity index (χ1v) is 8.86. The third kappa shape index (κ3) is 4.72. The van der Waals surface area contributed by atoms with Crippen molar-refractivity contribution in [2.75, 3.05) is 19.0 Å². The Labute approximate surface area is 172 Å². The van der Waals surface area contributed by atoms with Crippen molar-refractivity contribution < 1.29 is 19.2 Å². The fraction of sp³-hybridized carbons (Fsp3) is 0.0909. The lowest BCUT2D eigenvalue weighted by atomic mass is 10.0. The molecule has 150 valence electrons. The molecule has 3 aromatic carbocycles. The van der Waals surface area contributed by atoms with Gasteiger partial charge in [0.2, 0.25) is 0 Å². The predicted octanol–water partition coefficient (Wildman–Crippen LogP) is 4.16. The van der Waals surface area contributed by atoms with Gasteiger partial charge in [0, 0.05) is 17.7 Å². The number of hydrogen-bond acceptors (Lipinski definition) is 6. The normalized spacial score (nSPS) is 10.0. The number of para-hydroxylation sites is 1. The van der Waals surface area contributed by atoms with E-state index >= 15 is 0 Å². The minimum absolute atomic E-state index is 0.0967. The molecule has 0 heterocycles. The Morgan fingerprint density at radius 3 is 2.53 bits per heavy atom. The lowest BCUT2D eigenvalue weighted by molar-refractivity contribution is -0.384. The van der Waals surface area contributed by atoms with E-state index in [0.29, 0.717) is 33.9 Å². The van der Waals surface area contributed by atoms with Crippen LogP contribution in [-0.2, 0) is 4.79 Å². The number of ether oxygens (including phenoxy) is 2. The molecule has 3 aromatic rings. The monoisotopic (exact) mass is 403 g/mol. The van der Waals surface area contributed by atoms with Crippen LogP contribution in [0.2, 0.25) is 0 Å². The molecule has 0 aliphatic carbocycles. The van der Waals surface area contributed by atoms with E-state index in [1.165, 1.54) is 18.2 Å². The van der Waals surface area contributed by atoms with Crippen LogP contribution in [0.25, 0.3) is 11.1 Å². The van der Waals surface area contributed by atoms with Crippen LogP contribution in [0.1, 0.15) is 5.56 Å². The van der Waals surface area contributed by atoms with Gasteiger partial charge in [-0.1, -0.05) is 24.3 Å². The predicted molar refractivity (Wildman–Crippen MR) is 110 cm³/mol. The van der Waals surface area contributed by atoms with Gasteiger partial charge in [-0.15, -0.1) is 0 Å². The van der Waals surface area contributed by atoms with E-state index in [1.54, 1.807) is 55.6 Å². The van der Waals surface area contributed by atoms with Crippen molar-refractivity contribution in [1.29, 1.82) is 5.26 Å². The van der Waals surface area contributed by atoms with Gasteiger partial charge in [0.1, 0.15) is 17.6 Å².